The predicted octanol–water partition coefficient (Wildman–Crippen LogP) is -0.538. The Bertz CT molecular complexity index is 402. The number of carboxylic acids is 2. The van der Waals surface area contributed by atoms with Crippen molar-refractivity contribution < 1.29 is 24.6 Å². The minimum Gasteiger partial charge on any atom is -0.481 e. The maximum absolute atomic E-state index is 11.7. The first-order valence-corrected chi connectivity index (χ1v) is 5.35. The summed E-state index contributed by atoms with van der Waals surface area (Å²) in [5.41, 5.74) is 0. The van der Waals surface area contributed by atoms with Gasteiger partial charge in [-0.3, -0.25) is 9.59 Å². The SMILES string of the molecule is O=C(O)CC[C@H](NC(=O)C1C=CC=CN1)C(=O)O. The fourth-order valence-electron chi connectivity index (χ4n) is 1.40. The molecule has 98 valence electrons. The van der Waals surface area contributed by atoms with Crippen molar-refractivity contribution in [2.24, 2.45) is 0 Å². The van der Waals surface area contributed by atoms with Gasteiger partial charge >= 0.3 is 11.9 Å². The van der Waals surface area contributed by atoms with Gasteiger partial charge in [0.25, 0.3) is 0 Å². The zero-order valence-electron chi connectivity index (χ0n) is 9.50. The van der Waals surface area contributed by atoms with E-state index < -0.39 is 29.9 Å². The van der Waals surface area contributed by atoms with Crippen molar-refractivity contribution in [2.45, 2.75) is 24.9 Å². The number of hydrogen-bond donors (Lipinski definition) is 4. The van der Waals surface area contributed by atoms with E-state index in [1.54, 1.807) is 24.4 Å². The van der Waals surface area contributed by atoms with Gasteiger partial charge in [-0.05, 0) is 18.7 Å². The molecule has 1 heterocycles. The third-order valence-electron chi connectivity index (χ3n) is 2.33. The Kier molecular flexibility index (Phi) is 4.91. The number of amides is 1. The van der Waals surface area contributed by atoms with Crippen LogP contribution in [0.1, 0.15) is 12.8 Å². The number of carbonyl (C=O) groups is 3. The Balaban J connectivity index is 2.52. The van der Waals surface area contributed by atoms with E-state index in [-0.39, 0.29) is 12.8 Å². The summed E-state index contributed by atoms with van der Waals surface area (Å²) in [6.45, 7) is 0. The molecular formula is C11H14N2O5. The Morgan fingerprint density at radius 2 is 2.00 bits per heavy atom. The predicted molar refractivity (Wildman–Crippen MR) is 61.6 cm³/mol. The van der Waals surface area contributed by atoms with E-state index >= 15 is 0 Å². The summed E-state index contributed by atoms with van der Waals surface area (Å²) in [7, 11) is 0. The lowest BCUT2D eigenvalue weighted by molar-refractivity contribution is -0.143. The Morgan fingerprint density at radius 1 is 1.28 bits per heavy atom. The van der Waals surface area contributed by atoms with Crippen molar-refractivity contribution in [3.63, 3.8) is 0 Å². The van der Waals surface area contributed by atoms with E-state index in [0.29, 0.717) is 0 Å². The van der Waals surface area contributed by atoms with Crippen molar-refractivity contribution in [1.82, 2.24) is 10.6 Å². The molecule has 1 aliphatic rings. The van der Waals surface area contributed by atoms with E-state index in [1.807, 2.05) is 0 Å². The summed E-state index contributed by atoms with van der Waals surface area (Å²) >= 11 is 0. The molecule has 7 nitrogen and oxygen atoms in total. The summed E-state index contributed by atoms with van der Waals surface area (Å²) in [4.78, 5) is 32.9. The zero-order valence-corrected chi connectivity index (χ0v) is 9.50. The first-order chi connectivity index (χ1) is 8.50. The van der Waals surface area contributed by atoms with Gasteiger partial charge in [-0.15, -0.1) is 0 Å². The molecule has 0 fully saturated rings. The van der Waals surface area contributed by atoms with Crippen LogP contribution in [0.5, 0.6) is 0 Å². The largest absolute Gasteiger partial charge is 0.481 e. The lowest BCUT2D eigenvalue weighted by Gasteiger charge is -2.19. The molecule has 0 aliphatic carbocycles. The molecule has 2 atom stereocenters. The molecule has 1 rings (SSSR count). The highest BCUT2D eigenvalue weighted by Gasteiger charge is 2.24. The minimum absolute atomic E-state index is 0.150. The number of hydrogen-bond acceptors (Lipinski definition) is 4. The van der Waals surface area contributed by atoms with Gasteiger partial charge in [0.2, 0.25) is 5.91 Å². The molecular weight excluding hydrogens is 240 g/mol. The van der Waals surface area contributed by atoms with E-state index in [4.69, 9.17) is 10.2 Å². The first kappa shape index (κ1) is 13.8. The second-order valence-corrected chi connectivity index (χ2v) is 3.72. The van der Waals surface area contributed by atoms with Gasteiger partial charge in [0.15, 0.2) is 0 Å². The Labute approximate surface area is 103 Å². The molecule has 4 N–H and O–H groups in total. The first-order valence-electron chi connectivity index (χ1n) is 5.35. The van der Waals surface area contributed by atoms with Crippen LogP contribution in [0.2, 0.25) is 0 Å². The van der Waals surface area contributed by atoms with Crippen molar-refractivity contribution in [3.8, 4) is 0 Å². The number of dihydropyridines is 1. The molecule has 0 spiro atoms. The van der Waals surface area contributed by atoms with E-state index in [2.05, 4.69) is 10.6 Å². The maximum Gasteiger partial charge on any atom is 0.326 e. The van der Waals surface area contributed by atoms with Crippen molar-refractivity contribution in [1.29, 1.82) is 0 Å². The van der Waals surface area contributed by atoms with Crippen LogP contribution in [-0.2, 0) is 14.4 Å². The van der Waals surface area contributed by atoms with Crippen LogP contribution in [0.25, 0.3) is 0 Å². The van der Waals surface area contributed by atoms with Gasteiger partial charge < -0.3 is 20.8 Å². The van der Waals surface area contributed by atoms with Crippen LogP contribution in [0.3, 0.4) is 0 Å². The van der Waals surface area contributed by atoms with Gasteiger partial charge in [-0.2, -0.15) is 0 Å². The monoisotopic (exact) mass is 254 g/mol. The van der Waals surface area contributed by atoms with Gasteiger partial charge in [0.05, 0.1) is 0 Å². The van der Waals surface area contributed by atoms with Crippen molar-refractivity contribution in [2.75, 3.05) is 0 Å². The number of nitrogens with one attached hydrogen (secondary N) is 2. The third-order valence-corrected chi connectivity index (χ3v) is 2.33. The fraction of sp³-hybridized carbons (Fsp3) is 0.364. The smallest absolute Gasteiger partial charge is 0.326 e. The lowest BCUT2D eigenvalue weighted by atomic mass is 10.1. The summed E-state index contributed by atoms with van der Waals surface area (Å²) in [5, 5.41) is 22.4. The molecule has 0 radical (unpaired) electrons. The molecule has 0 aromatic heterocycles. The van der Waals surface area contributed by atoms with Crippen LogP contribution in [0.4, 0.5) is 0 Å². The van der Waals surface area contributed by atoms with E-state index in [9.17, 15) is 14.4 Å². The molecule has 1 aliphatic heterocycles. The standard InChI is InChI=1S/C11H14N2O5/c14-9(15)5-4-8(11(17)18)13-10(16)7-3-1-2-6-12-7/h1-3,6-8,12H,4-5H2,(H,13,16)(H,14,15)(H,17,18)/t7?,8-/m0/s1. The second kappa shape index (κ2) is 6.43. The molecule has 0 saturated heterocycles. The van der Waals surface area contributed by atoms with Crippen LogP contribution < -0.4 is 10.6 Å². The summed E-state index contributed by atoms with van der Waals surface area (Å²) < 4.78 is 0. The second-order valence-electron chi connectivity index (χ2n) is 3.72. The lowest BCUT2D eigenvalue weighted by Crippen LogP contribution is -2.48. The van der Waals surface area contributed by atoms with Crippen LogP contribution in [0, 0.1) is 0 Å². The fourth-order valence-corrected chi connectivity index (χ4v) is 1.40. The third kappa shape index (κ3) is 4.28. The molecule has 1 amide bonds. The maximum atomic E-state index is 11.7. The quantitative estimate of drug-likeness (QED) is 0.506. The highest BCUT2D eigenvalue weighted by Crippen LogP contribution is 2.01. The molecule has 0 saturated carbocycles. The number of carboxylic acid groups (broad SMARTS) is 2. The van der Waals surface area contributed by atoms with Gasteiger partial charge in [0.1, 0.15) is 12.1 Å². The normalized spacial score (nSPS) is 18.8. The van der Waals surface area contributed by atoms with E-state index in [0.717, 1.165) is 0 Å². The average molecular weight is 254 g/mol. The molecule has 1 unspecified atom stereocenters. The van der Waals surface area contributed by atoms with E-state index in [1.165, 1.54) is 0 Å². The van der Waals surface area contributed by atoms with Gasteiger partial charge in [0, 0.05) is 6.42 Å². The number of rotatable bonds is 6. The molecule has 0 aromatic carbocycles. The molecule has 18 heavy (non-hydrogen) atoms. The number of allylic oxidation sites excluding steroid dienone is 2. The minimum atomic E-state index is -1.25. The molecule has 0 bridgehead atoms. The van der Waals surface area contributed by atoms with Gasteiger partial charge in [-0.25, -0.2) is 4.79 Å². The summed E-state index contributed by atoms with van der Waals surface area (Å²) in [6.07, 6.45) is 6.03. The number of aliphatic carboxylic acids is 2. The summed E-state index contributed by atoms with van der Waals surface area (Å²) in [6, 6.07) is -1.84. The summed E-state index contributed by atoms with van der Waals surface area (Å²) in [5.74, 6) is -2.86. The Hall–Kier alpha value is -2.31. The van der Waals surface area contributed by atoms with Gasteiger partial charge in [-0.1, -0.05) is 12.2 Å². The average Bonchev–Trinajstić information content (AvgIpc) is 2.34. The molecule has 7 heteroatoms. The van der Waals surface area contributed by atoms with Crippen LogP contribution in [0.15, 0.2) is 24.4 Å². The Morgan fingerprint density at radius 3 is 2.50 bits per heavy atom. The molecule has 0 aromatic rings. The van der Waals surface area contributed by atoms with Crippen molar-refractivity contribution >= 4 is 17.8 Å². The highest BCUT2D eigenvalue weighted by atomic mass is 16.4. The van der Waals surface area contributed by atoms with Crippen LogP contribution >= 0.6 is 0 Å². The van der Waals surface area contributed by atoms with Crippen LogP contribution in [-0.4, -0.2) is 40.1 Å². The topological polar surface area (TPSA) is 116 Å². The van der Waals surface area contributed by atoms with Crippen molar-refractivity contribution in [3.05, 3.63) is 24.4 Å². The zero-order chi connectivity index (χ0) is 13.5. The highest BCUT2D eigenvalue weighted by molar-refractivity contribution is 5.88. The number of carbonyl (C=O) groups excluding carboxylic acids is 1.